The van der Waals surface area contributed by atoms with Crippen LogP contribution < -0.4 is 4.74 Å². The van der Waals surface area contributed by atoms with Crippen LogP contribution in [0.3, 0.4) is 0 Å². The van der Waals surface area contributed by atoms with E-state index in [0.29, 0.717) is 24.2 Å². The van der Waals surface area contributed by atoms with Gasteiger partial charge in [-0.25, -0.2) is 9.59 Å². The number of aromatic carboxylic acids is 1. The number of methoxy groups -OCH3 is 1. The molecule has 0 unspecified atom stereocenters. The zero-order valence-corrected chi connectivity index (χ0v) is 17.4. The minimum Gasteiger partial charge on any atom is -0.497 e. The quantitative estimate of drug-likeness (QED) is 0.570. The Morgan fingerprint density at radius 3 is 2.25 bits per heavy atom. The van der Waals surface area contributed by atoms with E-state index < -0.39 is 11.9 Å². The number of ether oxygens (including phenoxy) is 2. The van der Waals surface area contributed by atoms with Crippen molar-refractivity contribution in [3.8, 4) is 5.75 Å². The second-order valence-electron chi connectivity index (χ2n) is 7.46. The molecule has 0 spiro atoms. The predicted molar refractivity (Wildman–Crippen MR) is 116 cm³/mol. The van der Waals surface area contributed by atoms with Crippen LogP contribution in [0.5, 0.6) is 5.75 Å². The molecule has 4 rings (SSSR count). The van der Waals surface area contributed by atoms with Gasteiger partial charge in [0.15, 0.2) is 0 Å². The van der Waals surface area contributed by atoms with Gasteiger partial charge < -0.3 is 19.5 Å². The molecule has 0 atom stereocenters. The van der Waals surface area contributed by atoms with E-state index in [1.165, 1.54) is 12.1 Å². The Hall–Kier alpha value is -4.13. The first-order chi connectivity index (χ1) is 15.4. The minimum absolute atomic E-state index is 0.125. The summed E-state index contributed by atoms with van der Waals surface area (Å²) >= 11 is 0. The topological polar surface area (TPSA) is 93.1 Å². The highest BCUT2D eigenvalue weighted by Gasteiger charge is 2.28. The Labute approximate surface area is 184 Å². The summed E-state index contributed by atoms with van der Waals surface area (Å²) in [6, 6.07) is 18.6. The first kappa shape index (κ1) is 21.1. The summed E-state index contributed by atoms with van der Waals surface area (Å²) in [6.07, 6.45) is 0. The average Bonchev–Trinajstić information content (AvgIpc) is 3.12. The van der Waals surface area contributed by atoms with E-state index in [0.717, 1.165) is 22.4 Å². The molecule has 0 saturated heterocycles. The Bertz CT molecular complexity index is 1170. The Morgan fingerprint density at radius 1 is 0.938 bits per heavy atom. The van der Waals surface area contributed by atoms with Crippen LogP contribution in [0.4, 0.5) is 0 Å². The Morgan fingerprint density at radius 2 is 1.59 bits per heavy atom. The fourth-order valence-electron chi connectivity index (χ4n) is 3.56. The average molecular weight is 431 g/mol. The molecule has 1 aliphatic heterocycles. The number of fused-ring (bicyclic) bond motifs is 1. The lowest BCUT2D eigenvalue weighted by molar-refractivity contribution is 0.0472. The number of amides is 1. The van der Waals surface area contributed by atoms with E-state index >= 15 is 0 Å². The van der Waals surface area contributed by atoms with Crippen molar-refractivity contribution < 1.29 is 29.0 Å². The number of hydrogen-bond acceptors (Lipinski definition) is 5. The second-order valence-corrected chi connectivity index (χ2v) is 7.46. The van der Waals surface area contributed by atoms with Crippen molar-refractivity contribution >= 4 is 17.8 Å². The van der Waals surface area contributed by atoms with Crippen molar-refractivity contribution in [1.29, 1.82) is 0 Å². The maximum Gasteiger partial charge on any atom is 0.338 e. The van der Waals surface area contributed by atoms with E-state index in [-0.39, 0.29) is 18.1 Å². The summed E-state index contributed by atoms with van der Waals surface area (Å²) < 4.78 is 10.5. The lowest BCUT2D eigenvalue weighted by Crippen LogP contribution is -2.23. The number of rotatable bonds is 7. The van der Waals surface area contributed by atoms with Crippen LogP contribution in [0.2, 0.25) is 0 Å². The number of nitrogens with zero attached hydrogens (tertiary/aromatic N) is 1. The number of carbonyl (C=O) groups excluding carboxylic acids is 2. The van der Waals surface area contributed by atoms with Crippen LogP contribution in [-0.4, -0.2) is 35.0 Å². The molecule has 32 heavy (non-hydrogen) atoms. The van der Waals surface area contributed by atoms with Gasteiger partial charge in [0.05, 0.1) is 18.2 Å². The van der Waals surface area contributed by atoms with Gasteiger partial charge in [0.1, 0.15) is 12.4 Å². The smallest absolute Gasteiger partial charge is 0.338 e. The molecule has 0 aromatic heterocycles. The van der Waals surface area contributed by atoms with Crippen LogP contribution in [-0.2, 0) is 24.4 Å². The Kier molecular flexibility index (Phi) is 5.89. The first-order valence-corrected chi connectivity index (χ1v) is 9.99. The molecule has 0 bridgehead atoms. The van der Waals surface area contributed by atoms with Gasteiger partial charge in [0.2, 0.25) is 0 Å². The molecule has 1 heterocycles. The summed E-state index contributed by atoms with van der Waals surface area (Å²) in [4.78, 5) is 37.9. The van der Waals surface area contributed by atoms with Crippen LogP contribution in [0.25, 0.3) is 0 Å². The van der Waals surface area contributed by atoms with Crippen molar-refractivity contribution in [2.45, 2.75) is 19.7 Å². The van der Waals surface area contributed by atoms with E-state index in [1.54, 1.807) is 54.5 Å². The van der Waals surface area contributed by atoms with Crippen molar-refractivity contribution in [3.05, 3.63) is 100 Å². The van der Waals surface area contributed by atoms with Crippen molar-refractivity contribution in [3.63, 3.8) is 0 Å². The van der Waals surface area contributed by atoms with Gasteiger partial charge in [0.25, 0.3) is 5.91 Å². The number of hydrogen-bond donors (Lipinski definition) is 1. The number of esters is 1. The van der Waals surface area contributed by atoms with Gasteiger partial charge in [-0.3, -0.25) is 4.79 Å². The maximum atomic E-state index is 12.7. The van der Waals surface area contributed by atoms with Crippen molar-refractivity contribution in [1.82, 2.24) is 4.90 Å². The molecule has 3 aromatic rings. The third kappa shape index (κ3) is 4.46. The molecule has 162 valence electrons. The van der Waals surface area contributed by atoms with Gasteiger partial charge in [-0.1, -0.05) is 24.3 Å². The van der Waals surface area contributed by atoms with Gasteiger partial charge in [0, 0.05) is 18.7 Å². The molecule has 0 saturated carbocycles. The zero-order valence-electron chi connectivity index (χ0n) is 17.4. The molecule has 7 nitrogen and oxygen atoms in total. The molecule has 3 aromatic carbocycles. The maximum absolute atomic E-state index is 12.7. The summed E-state index contributed by atoms with van der Waals surface area (Å²) in [5, 5.41) is 9.01. The monoisotopic (exact) mass is 431 g/mol. The normalized spacial score (nSPS) is 12.4. The molecule has 1 aliphatic rings. The number of benzene rings is 3. The van der Waals surface area contributed by atoms with E-state index in [4.69, 9.17) is 14.6 Å². The molecule has 1 amide bonds. The number of carbonyl (C=O) groups is 3. The first-order valence-electron chi connectivity index (χ1n) is 9.99. The van der Waals surface area contributed by atoms with Crippen LogP contribution in [0.1, 0.15) is 47.8 Å². The standard InChI is InChI=1S/C25H21NO6/c1-31-21-9-4-17(5-10-21)15-32-25(30)19-8-11-22-20(12-19)14-26(23(22)27)13-16-2-6-18(7-3-16)24(28)29/h2-12H,13-15H2,1H3,(H,28,29). The largest absolute Gasteiger partial charge is 0.497 e. The highest BCUT2D eigenvalue weighted by atomic mass is 16.5. The molecule has 0 fully saturated rings. The summed E-state index contributed by atoms with van der Waals surface area (Å²) in [5.74, 6) is -0.849. The van der Waals surface area contributed by atoms with Crippen molar-refractivity contribution in [2.75, 3.05) is 7.11 Å². The lowest BCUT2D eigenvalue weighted by Gasteiger charge is -2.15. The third-order valence-electron chi connectivity index (χ3n) is 5.32. The summed E-state index contributed by atoms with van der Waals surface area (Å²) in [7, 11) is 1.59. The SMILES string of the molecule is COc1ccc(COC(=O)c2ccc3c(c2)CN(Cc2ccc(C(=O)O)cc2)C3=O)cc1. The van der Waals surface area contributed by atoms with Gasteiger partial charge in [-0.15, -0.1) is 0 Å². The third-order valence-corrected chi connectivity index (χ3v) is 5.32. The fourth-order valence-corrected chi connectivity index (χ4v) is 3.56. The summed E-state index contributed by atoms with van der Waals surface area (Å²) in [6.45, 7) is 0.858. The van der Waals surface area contributed by atoms with Gasteiger partial charge in [-0.05, 0) is 59.2 Å². The zero-order chi connectivity index (χ0) is 22.7. The summed E-state index contributed by atoms with van der Waals surface area (Å²) in [5.41, 5.74) is 3.57. The van der Waals surface area contributed by atoms with Crippen LogP contribution in [0, 0.1) is 0 Å². The van der Waals surface area contributed by atoms with E-state index in [1.807, 2.05) is 12.1 Å². The minimum atomic E-state index is -0.993. The lowest BCUT2D eigenvalue weighted by atomic mass is 10.1. The molecule has 7 heteroatoms. The number of carboxylic acid groups (broad SMARTS) is 1. The molecule has 0 aliphatic carbocycles. The molecular weight excluding hydrogens is 410 g/mol. The van der Waals surface area contributed by atoms with Gasteiger partial charge >= 0.3 is 11.9 Å². The predicted octanol–water partition coefficient (Wildman–Crippen LogP) is 3.91. The van der Waals surface area contributed by atoms with Gasteiger partial charge in [-0.2, -0.15) is 0 Å². The molecule has 0 radical (unpaired) electrons. The van der Waals surface area contributed by atoms with E-state index in [2.05, 4.69) is 0 Å². The highest BCUT2D eigenvalue weighted by molar-refractivity contribution is 6.00. The van der Waals surface area contributed by atoms with Crippen molar-refractivity contribution in [2.24, 2.45) is 0 Å². The number of carboxylic acids is 1. The fraction of sp³-hybridized carbons (Fsp3) is 0.160. The Balaban J connectivity index is 1.40. The van der Waals surface area contributed by atoms with E-state index in [9.17, 15) is 14.4 Å². The highest BCUT2D eigenvalue weighted by Crippen LogP contribution is 2.26. The second kappa shape index (κ2) is 8.93. The van der Waals surface area contributed by atoms with Crippen LogP contribution in [0.15, 0.2) is 66.7 Å². The molecule has 1 N–H and O–H groups in total. The molecular formula is C25H21NO6. The van der Waals surface area contributed by atoms with Crippen LogP contribution >= 0.6 is 0 Å².